The molecular weight excluding hydrogens is 439 g/mol. The maximum atomic E-state index is 13.5. The molecule has 5 rings (SSSR count). The van der Waals surface area contributed by atoms with Crippen LogP contribution in [-0.2, 0) is 0 Å². The first-order chi connectivity index (χ1) is 16.0. The summed E-state index contributed by atoms with van der Waals surface area (Å²) >= 11 is 6.32. The van der Waals surface area contributed by atoms with E-state index in [1.807, 2.05) is 55.5 Å². The lowest BCUT2D eigenvalue weighted by molar-refractivity contribution is 0.101. The molecule has 1 amide bonds. The van der Waals surface area contributed by atoms with E-state index < -0.39 is 5.91 Å². The average molecular weight is 457 g/mol. The Hall–Kier alpha value is -4.03. The third kappa shape index (κ3) is 3.97. The highest BCUT2D eigenvalue weighted by Gasteiger charge is 2.21. The molecule has 0 spiro atoms. The number of carbonyl (C=O) groups excluding carboxylic acids is 1. The minimum absolute atomic E-state index is 0.0124. The quantitative estimate of drug-likeness (QED) is 0.338. The van der Waals surface area contributed by atoms with Gasteiger partial charge in [-0.15, -0.1) is 5.10 Å². The normalized spacial score (nSPS) is 11.0. The van der Waals surface area contributed by atoms with Crippen molar-refractivity contribution < 1.29 is 9.18 Å². The van der Waals surface area contributed by atoms with E-state index in [4.69, 9.17) is 11.6 Å². The molecule has 4 aromatic carbocycles. The summed E-state index contributed by atoms with van der Waals surface area (Å²) in [5, 5.41) is 9.90. The number of benzene rings is 4. The van der Waals surface area contributed by atoms with Crippen LogP contribution >= 0.6 is 11.6 Å². The molecule has 0 saturated carbocycles. The van der Waals surface area contributed by atoms with Gasteiger partial charge in [0.05, 0.1) is 5.69 Å². The fraction of sp³-hybridized carbons (Fsp3) is 0.0385. The van der Waals surface area contributed by atoms with Gasteiger partial charge in [-0.3, -0.25) is 4.79 Å². The lowest BCUT2D eigenvalue weighted by Crippen LogP contribution is -2.14. The van der Waals surface area contributed by atoms with Gasteiger partial charge >= 0.3 is 0 Å². The zero-order valence-electron chi connectivity index (χ0n) is 17.6. The largest absolute Gasteiger partial charge is 0.319 e. The monoisotopic (exact) mass is 456 g/mol. The zero-order chi connectivity index (χ0) is 22.9. The number of hydrogen-bond donors (Lipinski definition) is 1. The number of rotatable bonds is 4. The molecule has 33 heavy (non-hydrogen) atoms. The van der Waals surface area contributed by atoms with Crippen LogP contribution in [0.5, 0.6) is 0 Å². The summed E-state index contributed by atoms with van der Waals surface area (Å²) in [4.78, 5) is 17.7. The second-order valence-corrected chi connectivity index (χ2v) is 7.95. The topological polar surface area (TPSA) is 59.8 Å². The van der Waals surface area contributed by atoms with Crippen LogP contribution in [0, 0.1) is 12.7 Å². The number of amides is 1. The van der Waals surface area contributed by atoms with Crippen molar-refractivity contribution >= 4 is 34.0 Å². The van der Waals surface area contributed by atoms with E-state index in [1.54, 1.807) is 28.9 Å². The van der Waals surface area contributed by atoms with E-state index in [2.05, 4.69) is 15.4 Å². The van der Waals surface area contributed by atoms with Crippen molar-refractivity contribution in [3.8, 4) is 17.1 Å². The number of carbonyl (C=O) groups is 1. The van der Waals surface area contributed by atoms with Crippen LogP contribution in [0.2, 0.25) is 5.02 Å². The molecule has 0 aliphatic rings. The molecule has 5 nitrogen and oxygen atoms in total. The Balaban J connectivity index is 1.60. The van der Waals surface area contributed by atoms with E-state index in [9.17, 15) is 9.18 Å². The predicted octanol–water partition coefficient (Wildman–Crippen LogP) is 6.44. The van der Waals surface area contributed by atoms with Crippen molar-refractivity contribution in [3.63, 3.8) is 0 Å². The van der Waals surface area contributed by atoms with Crippen molar-refractivity contribution in [2.24, 2.45) is 0 Å². The molecule has 1 N–H and O–H groups in total. The highest BCUT2D eigenvalue weighted by atomic mass is 35.5. The summed E-state index contributed by atoms with van der Waals surface area (Å²) in [6, 6.07) is 24.8. The number of aromatic nitrogens is 3. The molecule has 0 saturated heterocycles. The number of anilines is 1. The first kappa shape index (κ1) is 20.8. The van der Waals surface area contributed by atoms with Gasteiger partial charge in [0, 0.05) is 21.7 Å². The Labute approximate surface area is 194 Å². The van der Waals surface area contributed by atoms with E-state index in [1.165, 1.54) is 12.1 Å². The molecule has 162 valence electrons. The van der Waals surface area contributed by atoms with Gasteiger partial charge in [-0.25, -0.2) is 14.1 Å². The minimum Gasteiger partial charge on any atom is -0.319 e. The van der Waals surface area contributed by atoms with E-state index in [0.29, 0.717) is 27.8 Å². The van der Waals surface area contributed by atoms with Crippen LogP contribution in [0.1, 0.15) is 16.2 Å². The molecule has 1 heterocycles. The minimum atomic E-state index is -0.451. The third-order valence-electron chi connectivity index (χ3n) is 5.42. The van der Waals surface area contributed by atoms with E-state index in [0.717, 1.165) is 16.3 Å². The molecule has 0 aliphatic carbocycles. The van der Waals surface area contributed by atoms with Crippen LogP contribution in [0.4, 0.5) is 10.1 Å². The summed E-state index contributed by atoms with van der Waals surface area (Å²) in [6.45, 7) is 1.86. The van der Waals surface area contributed by atoms with Crippen LogP contribution in [0.15, 0.2) is 84.9 Å². The fourth-order valence-electron chi connectivity index (χ4n) is 3.70. The Bertz CT molecular complexity index is 1490. The van der Waals surface area contributed by atoms with Gasteiger partial charge in [-0.05, 0) is 60.3 Å². The van der Waals surface area contributed by atoms with Gasteiger partial charge < -0.3 is 5.32 Å². The highest BCUT2D eigenvalue weighted by molar-refractivity contribution is 6.31. The Kier molecular flexibility index (Phi) is 5.36. The molecule has 1 aromatic heterocycles. The van der Waals surface area contributed by atoms with Gasteiger partial charge in [0.1, 0.15) is 5.82 Å². The number of nitrogens with zero attached hydrogens (tertiary/aromatic N) is 3. The van der Waals surface area contributed by atoms with Crippen molar-refractivity contribution in [1.82, 2.24) is 14.8 Å². The number of halogens is 2. The predicted molar refractivity (Wildman–Crippen MR) is 128 cm³/mol. The van der Waals surface area contributed by atoms with Crippen LogP contribution in [0.25, 0.3) is 27.8 Å². The third-order valence-corrected chi connectivity index (χ3v) is 5.83. The van der Waals surface area contributed by atoms with Gasteiger partial charge in [-0.1, -0.05) is 54.1 Å². The summed E-state index contributed by atoms with van der Waals surface area (Å²) in [6.07, 6.45) is 0. The van der Waals surface area contributed by atoms with Gasteiger partial charge in [0.15, 0.2) is 5.82 Å². The van der Waals surface area contributed by atoms with Gasteiger partial charge in [0.2, 0.25) is 5.82 Å². The second kappa shape index (κ2) is 8.48. The highest BCUT2D eigenvalue weighted by Crippen LogP contribution is 2.28. The maximum Gasteiger partial charge on any atom is 0.295 e. The fourth-order valence-corrected chi connectivity index (χ4v) is 3.87. The molecule has 0 unspecified atom stereocenters. The molecule has 0 fully saturated rings. The average Bonchev–Trinajstić information content (AvgIpc) is 3.27. The molecule has 0 atom stereocenters. The first-order valence-electron chi connectivity index (χ1n) is 10.3. The van der Waals surface area contributed by atoms with Gasteiger partial charge in [0.25, 0.3) is 5.91 Å². The molecule has 5 aromatic rings. The van der Waals surface area contributed by atoms with Crippen molar-refractivity contribution in [2.75, 3.05) is 5.32 Å². The molecule has 0 aliphatic heterocycles. The summed E-state index contributed by atoms with van der Waals surface area (Å²) in [7, 11) is 0. The first-order valence-corrected chi connectivity index (χ1v) is 10.7. The number of hydrogen-bond acceptors (Lipinski definition) is 3. The van der Waals surface area contributed by atoms with Crippen LogP contribution in [0.3, 0.4) is 0 Å². The SMILES string of the molecule is Cc1c(Cl)cccc1-n1nc(C(=O)Nc2cccc3ccccc23)nc1-c1ccc(F)cc1. The molecule has 7 heteroatoms. The Morgan fingerprint density at radius 1 is 0.939 bits per heavy atom. The molecule has 0 radical (unpaired) electrons. The van der Waals surface area contributed by atoms with Crippen molar-refractivity contribution in [1.29, 1.82) is 0 Å². The standard InChI is InChI=1S/C26H18ClFN4O/c1-16-21(27)9-5-11-23(16)32-25(18-12-14-19(28)15-13-18)30-24(31-32)26(33)29-22-10-4-7-17-6-2-3-8-20(17)22/h2-15H,1H3,(H,29,33). The van der Waals surface area contributed by atoms with E-state index >= 15 is 0 Å². The van der Waals surface area contributed by atoms with Crippen LogP contribution < -0.4 is 5.32 Å². The second-order valence-electron chi connectivity index (χ2n) is 7.54. The Morgan fingerprint density at radius 3 is 2.48 bits per heavy atom. The summed E-state index contributed by atoms with van der Waals surface area (Å²) < 4.78 is 15.1. The van der Waals surface area contributed by atoms with Crippen LogP contribution in [-0.4, -0.2) is 20.7 Å². The number of fused-ring (bicyclic) bond motifs is 1. The Morgan fingerprint density at radius 2 is 1.67 bits per heavy atom. The van der Waals surface area contributed by atoms with Gasteiger partial charge in [-0.2, -0.15) is 0 Å². The molecule has 0 bridgehead atoms. The van der Waals surface area contributed by atoms with E-state index in [-0.39, 0.29) is 11.6 Å². The lowest BCUT2D eigenvalue weighted by atomic mass is 10.1. The number of nitrogens with one attached hydrogen (secondary N) is 1. The van der Waals surface area contributed by atoms with Crippen molar-refractivity contribution in [3.05, 3.63) is 107 Å². The summed E-state index contributed by atoms with van der Waals surface area (Å²) in [5.41, 5.74) is 2.75. The molecular formula is C26H18ClFN4O. The van der Waals surface area contributed by atoms with Crippen molar-refractivity contribution in [2.45, 2.75) is 6.92 Å². The lowest BCUT2D eigenvalue weighted by Gasteiger charge is -2.10. The maximum absolute atomic E-state index is 13.5. The summed E-state index contributed by atoms with van der Waals surface area (Å²) in [5.74, 6) is -0.420. The smallest absolute Gasteiger partial charge is 0.295 e. The zero-order valence-corrected chi connectivity index (χ0v) is 18.3.